The molecule has 26 heavy (non-hydrogen) atoms. The smallest absolute Gasteiger partial charge is 0.332 e. The average Bonchev–Trinajstić information content (AvgIpc) is 2.59. The third-order valence-electron chi connectivity index (χ3n) is 3.74. The summed E-state index contributed by atoms with van der Waals surface area (Å²) in [7, 11) is 0. The molecule has 0 heterocycles. The lowest BCUT2D eigenvalue weighted by Crippen LogP contribution is -2.38. The first-order valence-corrected chi connectivity index (χ1v) is 8.34. The predicted molar refractivity (Wildman–Crippen MR) is 97.1 cm³/mol. The van der Waals surface area contributed by atoms with Crippen molar-refractivity contribution in [2.45, 2.75) is 44.8 Å². The molecule has 1 rings (SSSR count). The molecule has 10 nitrogen and oxygen atoms in total. The maximum absolute atomic E-state index is 11.9. The molecule has 144 valence electrons. The lowest BCUT2D eigenvalue weighted by molar-refractivity contribution is -0.665. The van der Waals surface area contributed by atoms with E-state index in [0.29, 0.717) is 30.9 Å². The lowest BCUT2D eigenvalue weighted by Gasteiger charge is -2.17. The van der Waals surface area contributed by atoms with Crippen molar-refractivity contribution < 1.29 is 14.9 Å². The minimum absolute atomic E-state index is 0.189. The van der Waals surface area contributed by atoms with Gasteiger partial charge in [0.2, 0.25) is 5.91 Å². The molecule has 0 saturated carbocycles. The Morgan fingerprint density at radius 3 is 2.58 bits per heavy atom. The van der Waals surface area contributed by atoms with Gasteiger partial charge in [0.05, 0.1) is 10.1 Å². The summed E-state index contributed by atoms with van der Waals surface area (Å²) in [4.78, 5) is 22.8. The van der Waals surface area contributed by atoms with E-state index < -0.39 is 29.0 Å². The molecule has 0 spiro atoms. The Balaban J connectivity index is 2.31. The highest BCUT2D eigenvalue weighted by atomic mass is 16.7. The number of nitrogens with two attached hydrogens (primary N) is 2. The van der Waals surface area contributed by atoms with E-state index >= 15 is 0 Å². The van der Waals surface area contributed by atoms with Crippen LogP contribution in [0.1, 0.15) is 31.7 Å². The number of benzene rings is 1. The Labute approximate surface area is 152 Å². The van der Waals surface area contributed by atoms with Crippen molar-refractivity contribution >= 4 is 11.9 Å². The number of aliphatic hydroxyl groups excluding tert-OH is 1. The summed E-state index contributed by atoms with van der Waals surface area (Å²) in [6, 6.07) is 9.09. The molecular weight excluding hydrogens is 340 g/mol. The number of nitrogens with zero attached hydrogens (tertiary/aromatic N) is 3. The van der Waals surface area contributed by atoms with Crippen molar-refractivity contribution in [3.8, 4) is 0 Å². The van der Waals surface area contributed by atoms with Crippen LogP contribution in [0.3, 0.4) is 0 Å². The third-order valence-corrected chi connectivity index (χ3v) is 3.74. The number of nitrogens with one attached hydrogen (secondary N) is 1. The molecule has 2 atom stereocenters. The van der Waals surface area contributed by atoms with Gasteiger partial charge in [-0.3, -0.25) is 4.79 Å². The lowest BCUT2D eigenvalue weighted by atomic mass is 10.1. The van der Waals surface area contributed by atoms with Gasteiger partial charge in [-0.2, -0.15) is 0 Å². The normalized spacial score (nSPS) is 12.7. The van der Waals surface area contributed by atoms with Crippen molar-refractivity contribution in [3.63, 3.8) is 0 Å². The van der Waals surface area contributed by atoms with E-state index in [-0.39, 0.29) is 6.42 Å². The fraction of sp³-hybridized carbons (Fsp3) is 0.500. The zero-order valence-corrected chi connectivity index (χ0v) is 14.7. The van der Waals surface area contributed by atoms with Crippen LogP contribution in [-0.4, -0.2) is 45.8 Å². The SMILES string of the molecule is CC(CCCC(O)C(=O)NCCc1ccccc1)N(N=C(N)N)[N+](=O)[O-]. The second-order valence-electron chi connectivity index (χ2n) is 5.91. The fourth-order valence-electron chi connectivity index (χ4n) is 2.36. The van der Waals surface area contributed by atoms with E-state index in [4.69, 9.17) is 11.5 Å². The molecule has 0 aromatic heterocycles. The van der Waals surface area contributed by atoms with Crippen LogP contribution in [0, 0.1) is 10.1 Å². The van der Waals surface area contributed by atoms with Crippen molar-refractivity contribution in [1.82, 2.24) is 10.4 Å². The summed E-state index contributed by atoms with van der Waals surface area (Å²) >= 11 is 0. The van der Waals surface area contributed by atoms with Gasteiger partial charge in [0.15, 0.2) is 0 Å². The summed E-state index contributed by atoms with van der Waals surface area (Å²) in [5.41, 5.74) is 11.4. The first-order valence-electron chi connectivity index (χ1n) is 8.34. The van der Waals surface area contributed by atoms with Gasteiger partial charge in [0, 0.05) is 11.7 Å². The monoisotopic (exact) mass is 366 g/mol. The number of hydrogen-bond acceptors (Lipinski definition) is 5. The van der Waals surface area contributed by atoms with Crippen LogP contribution in [0.2, 0.25) is 0 Å². The number of carbonyl (C=O) groups is 1. The van der Waals surface area contributed by atoms with Gasteiger partial charge < -0.3 is 32.0 Å². The summed E-state index contributed by atoms with van der Waals surface area (Å²) < 4.78 is 0. The molecule has 0 bridgehead atoms. The van der Waals surface area contributed by atoms with Crippen molar-refractivity contribution in [1.29, 1.82) is 0 Å². The van der Waals surface area contributed by atoms with Crippen LogP contribution in [0.15, 0.2) is 35.4 Å². The molecule has 1 aromatic rings. The van der Waals surface area contributed by atoms with Gasteiger partial charge >= 0.3 is 5.96 Å². The van der Waals surface area contributed by atoms with E-state index in [1.54, 1.807) is 6.92 Å². The highest BCUT2D eigenvalue weighted by Crippen LogP contribution is 2.11. The number of hydrogen-bond donors (Lipinski definition) is 4. The summed E-state index contributed by atoms with van der Waals surface area (Å²) in [5, 5.41) is 26.8. The van der Waals surface area contributed by atoms with E-state index in [9.17, 15) is 20.0 Å². The fourth-order valence-corrected chi connectivity index (χ4v) is 2.36. The van der Waals surface area contributed by atoms with Gasteiger partial charge in [-0.1, -0.05) is 30.3 Å². The van der Waals surface area contributed by atoms with E-state index in [1.165, 1.54) is 0 Å². The number of hydrazine groups is 1. The van der Waals surface area contributed by atoms with Crippen LogP contribution < -0.4 is 16.8 Å². The second kappa shape index (κ2) is 10.9. The van der Waals surface area contributed by atoms with Gasteiger partial charge in [0.1, 0.15) is 12.1 Å². The number of carbonyl (C=O) groups excluding carboxylic acids is 1. The zero-order chi connectivity index (χ0) is 19.5. The molecule has 0 aliphatic rings. The summed E-state index contributed by atoms with van der Waals surface area (Å²) in [6.45, 7) is 2.01. The van der Waals surface area contributed by atoms with Crippen LogP contribution in [0.5, 0.6) is 0 Å². The quantitative estimate of drug-likeness (QED) is 0.185. The first-order chi connectivity index (χ1) is 12.3. The Morgan fingerprint density at radius 1 is 1.35 bits per heavy atom. The average molecular weight is 366 g/mol. The number of guanidine groups is 1. The Kier molecular flexibility index (Phi) is 8.85. The largest absolute Gasteiger partial charge is 0.383 e. The molecule has 1 aromatic carbocycles. The molecule has 10 heteroatoms. The van der Waals surface area contributed by atoms with E-state index in [1.807, 2.05) is 30.3 Å². The van der Waals surface area contributed by atoms with E-state index in [2.05, 4.69) is 10.4 Å². The van der Waals surface area contributed by atoms with Gasteiger partial charge in [-0.25, -0.2) is 0 Å². The Morgan fingerprint density at radius 2 is 2.00 bits per heavy atom. The number of nitro groups is 1. The van der Waals surface area contributed by atoms with Crippen molar-refractivity contribution in [2.24, 2.45) is 16.6 Å². The van der Waals surface area contributed by atoms with Crippen LogP contribution in [0.4, 0.5) is 0 Å². The number of amides is 1. The number of hydrazone groups is 1. The molecule has 2 unspecified atom stereocenters. The minimum atomic E-state index is -1.16. The Hall–Kier alpha value is -2.88. The standard InChI is InChI=1S/C16H26N6O4/c1-12(21(22(25)26)20-16(17)18)6-5-9-14(23)15(24)19-11-10-13-7-3-2-4-8-13/h2-4,7-8,12,14,23H,5-6,9-11H2,1H3,(H,19,24)(H4,17,18,20). The molecule has 0 aliphatic carbocycles. The summed E-state index contributed by atoms with van der Waals surface area (Å²) in [5.74, 6) is -0.865. The van der Waals surface area contributed by atoms with Crippen LogP contribution in [-0.2, 0) is 11.2 Å². The molecule has 6 N–H and O–H groups in total. The molecule has 1 amide bonds. The second-order valence-corrected chi connectivity index (χ2v) is 5.91. The molecule has 0 saturated heterocycles. The Bertz CT molecular complexity index is 606. The highest BCUT2D eigenvalue weighted by Gasteiger charge is 2.23. The van der Waals surface area contributed by atoms with Crippen molar-refractivity contribution in [2.75, 3.05) is 6.54 Å². The van der Waals surface area contributed by atoms with Gasteiger partial charge in [-0.15, -0.1) is 0 Å². The minimum Gasteiger partial charge on any atom is -0.383 e. The van der Waals surface area contributed by atoms with Crippen LogP contribution >= 0.6 is 0 Å². The maximum atomic E-state index is 11.9. The zero-order valence-electron chi connectivity index (χ0n) is 14.7. The van der Waals surface area contributed by atoms with E-state index in [0.717, 1.165) is 5.56 Å². The van der Waals surface area contributed by atoms with Gasteiger partial charge in [0.25, 0.3) is 0 Å². The topological polar surface area (TPSA) is 160 Å². The maximum Gasteiger partial charge on any atom is 0.332 e. The van der Waals surface area contributed by atoms with Crippen LogP contribution in [0.25, 0.3) is 0 Å². The first kappa shape index (κ1) is 21.2. The van der Waals surface area contributed by atoms with Gasteiger partial charge in [-0.05, 0) is 38.2 Å². The summed E-state index contributed by atoms with van der Waals surface area (Å²) in [6.07, 6.45) is 0.442. The predicted octanol–water partition coefficient (Wildman–Crippen LogP) is -0.0529. The third kappa shape index (κ3) is 7.79. The number of aliphatic hydroxyl groups is 1. The number of rotatable bonds is 11. The molecular formula is C16H26N6O4. The molecule has 0 fully saturated rings. The molecule has 0 radical (unpaired) electrons. The highest BCUT2D eigenvalue weighted by molar-refractivity contribution is 5.80. The van der Waals surface area contributed by atoms with Crippen molar-refractivity contribution in [3.05, 3.63) is 46.0 Å². The molecule has 0 aliphatic heterocycles.